The Balaban J connectivity index is 1.66. The molecule has 2 N–H and O–H groups in total. The van der Waals surface area contributed by atoms with Crippen LogP contribution in [-0.4, -0.2) is 16.7 Å². The average Bonchev–Trinajstić information content (AvgIpc) is 3.11. The third-order valence-electron chi connectivity index (χ3n) is 4.92. The lowest BCUT2D eigenvalue weighted by molar-refractivity contribution is 0.0952. The lowest BCUT2D eigenvalue weighted by atomic mass is 9.84. The van der Waals surface area contributed by atoms with Gasteiger partial charge in [0.15, 0.2) is 0 Å². The Bertz CT molecular complexity index is 1090. The molecule has 1 aliphatic carbocycles. The molecule has 5 heteroatoms. The Morgan fingerprint density at radius 1 is 0.966 bits per heavy atom. The second-order valence-corrected chi connectivity index (χ2v) is 7.32. The predicted molar refractivity (Wildman–Crippen MR) is 116 cm³/mol. The molecule has 4 rings (SSSR count). The Hall–Kier alpha value is -3.21. The normalized spacial score (nSPS) is 19.8. The fourth-order valence-electron chi connectivity index (χ4n) is 3.49. The Morgan fingerprint density at radius 2 is 1.66 bits per heavy atom. The number of nitrogens with one attached hydrogen (secondary N) is 1. The number of allylic oxidation sites excluding steroid dienone is 1. The minimum atomic E-state index is -1.22. The zero-order chi connectivity index (χ0) is 20.3. The van der Waals surface area contributed by atoms with Gasteiger partial charge in [0, 0.05) is 17.0 Å². The van der Waals surface area contributed by atoms with Crippen molar-refractivity contribution in [1.82, 2.24) is 5.43 Å². The number of halogens is 1. The van der Waals surface area contributed by atoms with Crippen molar-refractivity contribution in [3.8, 4) is 0 Å². The summed E-state index contributed by atoms with van der Waals surface area (Å²) in [5.41, 5.74) is 4.79. The van der Waals surface area contributed by atoms with E-state index in [2.05, 4.69) is 10.5 Å². The second-order valence-electron chi connectivity index (χ2n) is 6.88. The highest BCUT2D eigenvalue weighted by Gasteiger charge is 2.40. The van der Waals surface area contributed by atoms with E-state index < -0.39 is 5.60 Å². The van der Waals surface area contributed by atoms with Crippen molar-refractivity contribution in [2.24, 2.45) is 5.10 Å². The maximum Gasteiger partial charge on any atom is 0.271 e. The molecular formula is C24H19ClN2O2. The SMILES string of the molecule is O=C(N/N=C1\C=C(c2ccccc2)[C@@](O)(c2ccccc2)C1)c1cccc(Cl)c1. The maximum absolute atomic E-state index is 12.4. The summed E-state index contributed by atoms with van der Waals surface area (Å²) >= 11 is 5.95. The number of rotatable bonds is 4. The van der Waals surface area contributed by atoms with E-state index in [1.807, 2.05) is 66.7 Å². The first-order valence-corrected chi connectivity index (χ1v) is 9.62. The van der Waals surface area contributed by atoms with Gasteiger partial charge in [0.2, 0.25) is 0 Å². The molecular weight excluding hydrogens is 384 g/mol. The van der Waals surface area contributed by atoms with Gasteiger partial charge >= 0.3 is 0 Å². The van der Waals surface area contributed by atoms with E-state index >= 15 is 0 Å². The number of benzene rings is 3. The molecule has 0 aliphatic heterocycles. The van der Waals surface area contributed by atoms with E-state index in [1.54, 1.807) is 24.3 Å². The van der Waals surface area contributed by atoms with E-state index in [0.29, 0.717) is 16.3 Å². The van der Waals surface area contributed by atoms with Gasteiger partial charge in [-0.25, -0.2) is 5.43 Å². The molecule has 3 aromatic carbocycles. The van der Waals surface area contributed by atoms with Gasteiger partial charge in [-0.15, -0.1) is 0 Å². The number of aliphatic hydroxyl groups is 1. The van der Waals surface area contributed by atoms with Crippen LogP contribution >= 0.6 is 11.6 Å². The number of hydrogen-bond donors (Lipinski definition) is 2. The molecule has 0 spiro atoms. The van der Waals surface area contributed by atoms with Crippen molar-refractivity contribution in [1.29, 1.82) is 0 Å². The molecule has 1 atom stereocenters. The second kappa shape index (κ2) is 8.03. The van der Waals surface area contributed by atoms with E-state index in [1.165, 1.54) is 0 Å². The van der Waals surface area contributed by atoms with Crippen LogP contribution in [0.4, 0.5) is 0 Å². The zero-order valence-electron chi connectivity index (χ0n) is 15.5. The molecule has 0 heterocycles. The van der Waals surface area contributed by atoms with Crippen molar-refractivity contribution >= 4 is 28.8 Å². The minimum Gasteiger partial charge on any atom is -0.380 e. The number of hydrogen-bond acceptors (Lipinski definition) is 3. The van der Waals surface area contributed by atoms with Crippen LogP contribution in [0.25, 0.3) is 5.57 Å². The topological polar surface area (TPSA) is 61.7 Å². The van der Waals surface area contributed by atoms with Crippen LogP contribution in [0.2, 0.25) is 5.02 Å². The quantitative estimate of drug-likeness (QED) is 0.616. The third kappa shape index (κ3) is 3.99. The summed E-state index contributed by atoms with van der Waals surface area (Å²) in [4.78, 5) is 12.4. The van der Waals surface area contributed by atoms with Gasteiger partial charge < -0.3 is 5.11 Å². The monoisotopic (exact) mass is 402 g/mol. The Kier molecular flexibility index (Phi) is 5.30. The third-order valence-corrected chi connectivity index (χ3v) is 5.15. The van der Waals surface area contributed by atoms with Crippen molar-refractivity contribution in [3.05, 3.63) is 113 Å². The van der Waals surface area contributed by atoms with Gasteiger partial charge in [0.1, 0.15) is 5.60 Å². The average molecular weight is 403 g/mol. The van der Waals surface area contributed by atoms with Crippen molar-refractivity contribution in [2.75, 3.05) is 0 Å². The lowest BCUT2D eigenvalue weighted by Crippen LogP contribution is -2.26. The zero-order valence-corrected chi connectivity index (χ0v) is 16.3. The van der Waals surface area contributed by atoms with E-state index in [9.17, 15) is 9.90 Å². The smallest absolute Gasteiger partial charge is 0.271 e. The van der Waals surface area contributed by atoms with E-state index in [-0.39, 0.29) is 12.3 Å². The number of nitrogens with zero attached hydrogens (tertiary/aromatic N) is 1. The van der Waals surface area contributed by atoms with Gasteiger partial charge in [0.25, 0.3) is 5.91 Å². The fraction of sp³-hybridized carbons (Fsp3) is 0.0833. The summed E-state index contributed by atoms with van der Waals surface area (Å²) in [7, 11) is 0. The van der Waals surface area contributed by atoms with Gasteiger partial charge in [-0.3, -0.25) is 4.79 Å². The lowest BCUT2D eigenvalue weighted by Gasteiger charge is -2.27. The van der Waals surface area contributed by atoms with Gasteiger partial charge in [-0.05, 0) is 41.0 Å². The molecule has 0 radical (unpaired) electrons. The molecule has 0 saturated carbocycles. The largest absolute Gasteiger partial charge is 0.380 e. The molecule has 1 amide bonds. The van der Waals surface area contributed by atoms with Crippen LogP contribution in [0.15, 0.2) is 96.1 Å². The highest BCUT2D eigenvalue weighted by molar-refractivity contribution is 6.31. The number of amides is 1. The fourth-order valence-corrected chi connectivity index (χ4v) is 3.68. The molecule has 0 bridgehead atoms. The van der Waals surface area contributed by atoms with Gasteiger partial charge in [-0.1, -0.05) is 78.3 Å². The summed E-state index contributed by atoms with van der Waals surface area (Å²) in [6.45, 7) is 0. The van der Waals surface area contributed by atoms with Crippen molar-refractivity contribution < 1.29 is 9.90 Å². The first-order chi connectivity index (χ1) is 14.1. The summed E-state index contributed by atoms with van der Waals surface area (Å²) in [6.07, 6.45) is 2.09. The summed E-state index contributed by atoms with van der Waals surface area (Å²) in [5, 5.41) is 16.3. The van der Waals surface area contributed by atoms with Crippen molar-refractivity contribution in [2.45, 2.75) is 12.0 Å². The van der Waals surface area contributed by atoms with Crippen molar-refractivity contribution in [3.63, 3.8) is 0 Å². The molecule has 144 valence electrons. The standard InChI is InChI=1S/C24H19ClN2O2/c25-20-13-7-10-18(14-20)23(28)27-26-21-15-22(17-8-3-1-4-9-17)24(29,16-21)19-11-5-2-6-12-19/h1-15,29H,16H2,(H,27,28)/b26-21+/t24-/m0/s1. The van der Waals surface area contributed by atoms with Gasteiger partial charge in [-0.2, -0.15) is 5.10 Å². The van der Waals surface area contributed by atoms with Crippen LogP contribution in [-0.2, 0) is 5.60 Å². The molecule has 3 aromatic rings. The van der Waals surface area contributed by atoms with E-state index in [0.717, 1.165) is 16.7 Å². The molecule has 29 heavy (non-hydrogen) atoms. The first-order valence-electron chi connectivity index (χ1n) is 9.24. The van der Waals surface area contributed by atoms with Gasteiger partial charge in [0.05, 0.1) is 5.71 Å². The highest BCUT2D eigenvalue weighted by Crippen LogP contribution is 2.43. The molecule has 0 fully saturated rings. The minimum absolute atomic E-state index is 0.261. The first kappa shape index (κ1) is 19.1. The molecule has 4 nitrogen and oxygen atoms in total. The summed E-state index contributed by atoms with van der Waals surface area (Å²) < 4.78 is 0. The molecule has 0 unspecified atom stereocenters. The molecule has 1 aliphatic rings. The summed E-state index contributed by atoms with van der Waals surface area (Å²) in [5.74, 6) is -0.357. The molecule has 0 saturated heterocycles. The van der Waals surface area contributed by atoms with E-state index in [4.69, 9.17) is 11.6 Å². The van der Waals surface area contributed by atoms with Crippen LogP contribution < -0.4 is 5.43 Å². The Morgan fingerprint density at radius 3 is 2.34 bits per heavy atom. The van der Waals surface area contributed by atoms with Crippen LogP contribution in [0.1, 0.15) is 27.9 Å². The number of carbonyl (C=O) groups excluding carboxylic acids is 1. The van der Waals surface area contributed by atoms with Crippen LogP contribution in [0, 0.1) is 0 Å². The number of hydrazone groups is 1. The predicted octanol–water partition coefficient (Wildman–Crippen LogP) is 4.80. The Labute approximate surface area is 174 Å². The highest BCUT2D eigenvalue weighted by atomic mass is 35.5. The van der Waals surface area contributed by atoms with Crippen LogP contribution in [0.3, 0.4) is 0 Å². The van der Waals surface area contributed by atoms with Crippen LogP contribution in [0.5, 0.6) is 0 Å². The number of carbonyl (C=O) groups is 1. The molecule has 0 aromatic heterocycles. The summed E-state index contributed by atoms with van der Waals surface area (Å²) in [6, 6.07) is 25.8. The maximum atomic E-state index is 12.4.